The van der Waals surface area contributed by atoms with Gasteiger partial charge < -0.3 is 0 Å². The van der Waals surface area contributed by atoms with Crippen LogP contribution >= 0.6 is 0 Å². The van der Waals surface area contributed by atoms with Crippen LogP contribution in [-0.2, 0) is 0 Å². The van der Waals surface area contributed by atoms with Crippen molar-refractivity contribution >= 4 is 0 Å². The molecule has 1 radical (unpaired) electrons. The standard InChI is InChI=1S/C10H19/c1-4-7-8-9-10(5-2)6-3/h5H,1,4,6-9H2,2-3H3/b10-5+. The molecule has 0 atom stereocenters. The number of hydrogen-bond donors (Lipinski definition) is 0. The van der Waals surface area contributed by atoms with Crippen LogP contribution in [0, 0.1) is 6.92 Å². The molecule has 0 N–H and O–H groups in total. The Morgan fingerprint density at radius 2 is 2.10 bits per heavy atom. The average molecular weight is 139 g/mol. The van der Waals surface area contributed by atoms with Crippen LogP contribution in [0.2, 0.25) is 0 Å². The van der Waals surface area contributed by atoms with Gasteiger partial charge in [0.2, 0.25) is 0 Å². The molecule has 0 bridgehead atoms. The highest BCUT2D eigenvalue weighted by molar-refractivity contribution is 4.98. The second-order valence-electron chi connectivity index (χ2n) is 2.61. The van der Waals surface area contributed by atoms with Gasteiger partial charge in [0.15, 0.2) is 0 Å². The summed E-state index contributed by atoms with van der Waals surface area (Å²) in [4.78, 5) is 0. The molecule has 0 nitrogen and oxygen atoms in total. The molecular weight excluding hydrogens is 120 g/mol. The Bertz CT molecular complexity index is 90.2. The van der Waals surface area contributed by atoms with E-state index < -0.39 is 0 Å². The summed E-state index contributed by atoms with van der Waals surface area (Å²) in [6.07, 6.45) is 8.41. The SMILES string of the molecule is [CH2]CCCC/C(=C/C)CC. The van der Waals surface area contributed by atoms with Crippen molar-refractivity contribution in [3.8, 4) is 0 Å². The largest absolute Gasteiger partial charge is 0.0885 e. The zero-order chi connectivity index (χ0) is 7.82. The Hall–Kier alpha value is -0.260. The maximum atomic E-state index is 3.81. The molecule has 0 fully saturated rings. The maximum Gasteiger partial charge on any atom is -0.0321 e. The van der Waals surface area contributed by atoms with E-state index >= 15 is 0 Å². The Morgan fingerprint density at radius 3 is 2.50 bits per heavy atom. The predicted molar refractivity (Wildman–Crippen MR) is 47.9 cm³/mol. The molecule has 0 spiro atoms. The summed E-state index contributed by atoms with van der Waals surface area (Å²) in [5.41, 5.74) is 1.59. The first-order chi connectivity index (χ1) is 4.85. The lowest BCUT2D eigenvalue weighted by atomic mass is 10.1. The molecule has 0 aliphatic carbocycles. The van der Waals surface area contributed by atoms with Crippen LogP contribution < -0.4 is 0 Å². The molecule has 0 rings (SSSR count). The molecule has 0 heterocycles. The minimum atomic E-state index is 1.08. The lowest BCUT2D eigenvalue weighted by Gasteiger charge is -2.01. The van der Waals surface area contributed by atoms with Crippen molar-refractivity contribution in [1.29, 1.82) is 0 Å². The van der Waals surface area contributed by atoms with Crippen molar-refractivity contribution in [2.45, 2.75) is 46.0 Å². The van der Waals surface area contributed by atoms with E-state index in [2.05, 4.69) is 26.8 Å². The zero-order valence-corrected chi connectivity index (χ0v) is 7.32. The van der Waals surface area contributed by atoms with Gasteiger partial charge in [-0.15, -0.1) is 0 Å². The Kier molecular flexibility index (Phi) is 6.68. The summed E-state index contributed by atoms with van der Waals surface area (Å²) < 4.78 is 0. The second kappa shape index (κ2) is 6.85. The van der Waals surface area contributed by atoms with Gasteiger partial charge in [0.1, 0.15) is 0 Å². The molecule has 0 saturated heterocycles. The fourth-order valence-corrected chi connectivity index (χ4v) is 1.05. The molecule has 0 amide bonds. The minimum absolute atomic E-state index is 1.08. The third kappa shape index (κ3) is 4.60. The third-order valence-corrected chi connectivity index (χ3v) is 1.86. The van der Waals surface area contributed by atoms with Crippen LogP contribution in [0.15, 0.2) is 11.6 Å². The highest BCUT2D eigenvalue weighted by atomic mass is 14.0. The summed E-state index contributed by atoms with van der Waals surface area (Å²) >= 11 is 0. The first-order valence-corrected chi connectivity index (χ1v) is 4.28. The zero-order valence-electron chi connectivity index (χ0n) is 7.32. The van der Waals surface area contributed by atoms with Crippen molar-refractivity contribution in [3.05, 3.63) is 18.6 Å². The topological polar surface area (TPSA) is 0 Å². The number of hydrogen-bond acceptors (Lipinski definition) is 0. The van der Waals surface area contributed by atoms with E-state index in [1.807, 2.05) is 0 Å². The molecule has 0 aliphatic rings. The van der Waals surface area contributed by atoms with Gasteiger partial charge in [-0.05, 0) is 26.2 Å². The van der Waals surface area contributed by atoms with Gasteiger partial charge in [-0.1, -0.05) is 38.3 Å². The van der Waals surface area contributed by atoms with Crippen LogP contribution in [0.1, 0.15) is 46.0 Å². The average Bonchev–Trinajstić information content (AvgIpc) is 1.99. The lowest BCUT2D eigenvalue weighted by molar-refractivity contribution is 0.725. The first kappa shape index (κ1) is 9.74. The van der Waals surface area contributed by atoms with Gasteiger partial charge in [-0.2, -0.15) is 0 Å². The van der Waals surface area contributed by atoms with E-state index in [0.717, 1.165) is 6.42 Å². The highest BCUT2D eigenvalue weighted by Gasteiger charge is 1.91. The second-order valence-corrected chi connectivity index (χ2v) is 2.61. The van der Waals surface area contributed by atoms with Crippen molar-refractivity contribution in [3.63, 3.8) is 0 Å². The fourth-order valence-electron chi connectivity index (χ4n) is 1.05. The summed E-state index contributed by atoms with van der Waals surface area (Å²) in [5, 5.41) is 0. The third-order valence-electron chi connectivity index (χ3n) is 1.86. The van der Waals surface area contributed by atoms with Gasteiger partial charge in [0.05, 0.1) is 0 Å². The van der Waals surface area contributed by atoms with E-state index in [4.69, 9.17) is 0 Å². The van der Waals surface area contributed by atoms with E-state index in [0.29, 0.717) is 0 Å². The molecule has 0 saturated carbocycles. The van der Waals surface area contributed by atoms with Crippen LogP contribution in [0.25, 0.3) is 0 Å². The summed E-state index contributed by atoms with van der Waals surface area (Å²) in [6.45, 7) is 8.16. The smallest absolute Gasteiger partial charge is 0.0321 e. The molecule has 0 aromatic carbocycles. The number of unbranched alkanes of at least 4 members (excludes halogenated alkanes) is 2. The van der Waals surface area contributed by atoms with Crippen molar-refractivity contribution < 1.29 is 0 Å². The van der Waals surface area contributed by atoms with Crippen molar-refractivity contribution in [2.24, 2.45) is 0 Å². The molecule has 0 aliphatic heterocycles. The molecule has 10 heavy (non-hydrogen) atoms. The van der Waals surface area contributed by atoms with Crippen LogP contribution in [0.3, 0.4) is 0 Å². The normalized spacial score (nSPS) is 12.1. The highest BCUT2D eigenvalue weighted by Crippen LogP contribution is 2.11. The van der Waals surface area contributed by atoms with E-state index in [1.165, 1.54) is 25.7 Å². The molecule has 59 valence electrons. The minimum Gasteiger partial charge on any atom is -0.0885 e. The summed E-state index contributed by atoms with van der Waals surface area (Å²) in [5.74, 6) is 0. The maximum absolute atomic E-state index is 3.81. The van der Waals surface area contributed by atoms with Gasteiger partial charge in [-0.25, -0.2) is 0 Å². The number of allylic oxidation sites excluding steroid dienone is 2. The van der Waals surface area contributed by atoms with Crippen LogP contribution in [0.4, 0.5) is 0 Å². The first-order valence-electron chi connectivity index (χ1n) is 4.28. The van der Waals surface area contributed by atoms with Crippen LogP contribution in [-0.4, -0.2) is 0 Å². The Labute approximate surface area is 65.3 Å². The quantitative estimate of drug-likeness (QED) is 0.402. The van der Waals surface area contributed by atoms with Crippen molar-refractivity contribution in [1.82, 2.24) is 0 Å². The lowest BCUT2D eigenvalue weighted by Crippen LogP contribution is -1.81. The molecule has 0 unspecified atom stereocenters. The molecule has 0 aromatic heterocycles. The Balaban J connectivity index is 3.27. The monoisotopic (exact) mass is 139 g/mol. The van der Waals surface area contributed by atoms with E-state index in [-0.39, 0.29) is 0 Å². The number of rotatable bonds is 5. The Morgan fingerprint density at radius 1 is 1.40 bits per heavy atom. The van der Waals surface area contributed by atoms with Gasteiger partial charge in [0.25, 0.3) is 0 Å². The molecule has 0 aromatic rings. The summed E-state index contributed by atoms with van der Waals surface area (Å²) in [6, 6.07) is 0. The molecule has 0 heteroatoms. The van der Waals surface area contributed by atoms with E-state index in [9.17, 15) is 0 Å². The van der Waals surface area contributed by atoms with E-state index in [1.54, 1.807) is 5.57 Å². The molecular formula is C10H19. The van der Waals surface area contributed by atoms with Gasteiger partial charge in [-0.3, -0.25) is 0 Å². The van der Waals surface area contributed by atoms with Crippen LogP contribution in [0.5, 0.6) is 0 Å². The van der Waals surface area contributed by atoms with Gasteiger partial charge >= 0.3 is 0 Å². The predicted octanol–water partition coefficient (Wildman–Crippen LogP) is 3.74. The van der Waals surface area contributed by atoms with Gasteiger partial charge in [0, 0.05) is 0 Å². The van der Waals surface area contributed by atoms with Crippen molar-refractivity contribution in [2.75, 3.05) is 0 Å². The summed E-state index contributed by atoms with van der Waals surface area (Å²) in [7, 11) is 0. The fraction of sp³-hybridized carbons (Fsp3) is 0.700.